The molecule has 0 saturated heterocycles. The molecular formula is C21H35N3O3S. The summed E-state index contributed by atoms with van der Waals surface area (Å²) in [5.74, 6) is 0.760. The molecule has 2 aromatic rings. The van der Waals surface area contributed by atoms with Crippen molar-refractivity contribution in [2.24, 2.45) is 5.41 Å². The largest absolute Gasteiger partial charge is 0.376 e. The molecule has 0 fully saturated rings. The van der Waals surface area contributed by atoms with Crippen molar-refractivity contribution in [3.8, 4) is 0 Å². The number of aromatic nitrogens is 2. The summed E-state index contributed by atoms with van der Waals surface area (Å²) >= 11 is 0. The minimum atomic E-state index is -3.44. The van der Waals surface area contributed by atoms with E-state index in [1.165, 1.54) is 6.26 Å². The number of benzene rings is 1. The highest BCUT2D eigenvalue weighted by atomic mass is 32.2. The van der Waals surface area contributed by atoms with Gasteiger partial charge in [-0.1, -0.05) is 32.9 Å². The number of nitrogens with zero attached hydrogens (tertiary/aromatic N) is 2. The number of para-hydroxylation sites is 2. The normalized spacial score (nSPS) is 15.9. The smallest absolute Gasteiger partial charge is 0.212 e. The molecular weight excluding hydrogens is 374 g/mol. The predicted octanol–water partition coefficient (Wildman–Crippen LogP) is 3.99. The Bertz CT molecular complexity index is 858. The van der Waals surface area contributed by atoms with Gasteiger partial charge in [0.05, 0.1) is 36.0 Å². The molecule has 0 aliphatic rings. The number of hydrogen-bond acceptors (Lipinski definition) is 4. The van der Waals surface area contributed by atoms with Crippen LogP contribution in [0.15, 0.2) is 24.3 Å². The van der Waals surface area contributed by atoms with Crippen LogP contribution in [0.25, 0.3) is 11.0 Å². The van der Waals surface area contributed by atoms with Crippen molar-refractivity contribution >= 4 is 21.1 Å². The molecule has 0 spiro atoms. The third-order valence-corrected chi connectivity index (χ3v) is 6.54. The van der Waals surface area contributed by atoms with Crippen LogP contribution in [0.2, 0.25) is 0 Å². The lowest BCUT2D eigenvalue weighted by atomic mass is 9.90. The van der Waals surface area contributed by atoms with E-state index < -0.39 is 15.6 Å². The van der Waals surface area contributed by atoms with E-state index in [0.29, 0.717) is 13.0 Å². The molecule has 1 aromatic heterocycles. The van der Waals surface area contributed by atoms with Crippen molar-refractivity contribution < 1.29 is 13.2 Å². The summed E-state index contributed by atoms with van der Waals surface area (Å²) in [6.45, 7) is 14.4. The standard InChI is InChI=1S/C21H35N3O3S/c1-15(20(2,3)4)27-14-16(24(21(5,6)7)28(8,25)26)13-19-22-17-11-9-10-12-18(17)23-19/h9-12,15-16H,13-14H2,1-8H3,(H,22,23). The Morgan fingerprint density at radius 3 is 2.25 bits per heavy atom. The first-order valence-corrected chi connectivity index (χ1v) is 11.6. The van der Waals surface area contributed by atoms with Crippen molar-refractivity contribution in [1.82, 2.24) is 14.3 Å². The zero-order valence-electron chi connectivity index (χ0n) is 18.4. The van der Waals surface area contributed by atoms with Crippen molar-refractivity contribution in [1.29, 1.82) is 0 Å². The first kappa shape index (κ1) is 22.8. The van der Waals surface area contributed by atoms with Gasteiger partial charge in [-0.25, -0.2) is 13.4 Å². The second-order valence-corrected chi connectivity index (χ2v) is 11.5. The Kier molecular flexibility index (Phi) is 6.63. The van der Waals surface area contributed by atoms with Crippen molar-refractivity contribution in [3.63, 3.8) is 0 Å². The second kappa shape index (κ2) is 8.13. The lowest BCUT2D eigenvalue weighted by molar-refractivity contribution is -0.0309. The minimum absolute atomic E-state index is 0.00736. The first-order chi connectivity index (χ1) is 12.7. The SMILES string of the molecule is CC(OCC(Cc1nc2ccccc2[nH]1)N(C(C)(C)C)S(C)(=O)=O)C(C)(C)C. The lowest BCUT2D eigenvalue weighted by Crippen LogP contribution is -2.54. The van der Waals surface area contributed by atoms with Gasteiger partial charge in [-0.2, -0.15) is 4.31 Å². The first-order valence-electron chi connectivity index (χ1n) is 9.74. The number of hydrogen-bond donors (Lipinski definition) is 1. The summed E-state index contributed by atoms with van der Waals surface area (Å²) in [6.07, 6.45) is 1.71. The summed E-state index contributed by atoms with van der Waals surface area (Å²) in [7, 11) is -3.44. The number of rotatable bonds is 7. The molecule has 0 aliphatic carbocycles. The average Bonchev–Trinajstić information content (AvgIpc) is 2.90. The fourth-order valence-electron chi connectivity index (χ4n) is 3.36. The molecule has 0 bridgehead atoms. The van der Waals surface area contributed by atoms with Gasteiger partial charge in [0.25, 0.3) is 0 Å². The van der Waals surface area contributed by atoms with Crippen LogP contribution in [0.4, 0.5) is 0 Å². The fourth-order valence-corrected chi connectivity index (χ4v) is 5.03. The van der Waals surface area contributed by atoms with Crippen molar-refractivity contribution in [3.05, 3.63) is 30.1 Å². The van der Waals surface area contributed by atoms with Gasteiger partial charge in [-0.15, -0.1) is 0 Å². The van der Waals surface area contributed by atoms with E-state index in [2.05, 4.69) is 30.7 Å². The Morgan fingerprint density at radius 2 is 1.75 bits per heavy atom. The van der Waals surface area contributed by atoms with Gasteiger partial charge < -0.3 is 9.72 Å². The topological polar surface area (TPSA) is 75.3 Å². The number of sulfonamides is 1. The Labute approximate surface area is 169 Å². The maximum Gasteiger partial charge on any atom is 0.212 e. The Morgan fingerprint density at radius 1 is 1.14 bits per heavy atom. The molecule has 158 valence electrons. The number of imidazole rings is 1. The highest BCUT2D eigenvalue weighted by molar-refractivity contribution is 7.88. The van der Waals surface area contributed by atoms with Gasteiger partial charge in [0.2, 0.25) is 10.0 Å². The molecule has 6 nitrogen and oxygen atoms in total. The molecule has 0 amide bonds. The van der Waals surface area contributed by atoms with Crippen LogP contribution < -0.4 is 0 Å². The number of aromatic amines is 1. The van der Waals surface area contributed by atoms with Gasteiger partial charge in [-0.3, -0.25) is 0 Å². The maximum absolute atomic E-state index is 12.7. The van der Waals surface area contributed by atoms with Crippen LogP contribution in [0.3, 0.4) is 0 Å². The lowest BCUT2D eigenvalue weighted by Gasteiger charge is -2.40. The zero-order valence-corrected chi connectivity index (χ0v) is 19.2. The average molecular weight is 410 g/mol. The molecule has 2 atom stereocenters. The van der Waals surface area contributed by atoms with E-state index in [4.69, 9.17) is 4.74 Å². The summed E-state index contributed by atoms with van der Waals surface area (Å²) in [4.78, 5) is 7.96. The maximum atomic E-state index is 12.7. The van der Waals surface area contributed by atoms with E-state index in [1.54, 1.807) is 4.31 Å². The van der Waals surface area contributed by atoms with Crippen LogP contribution in [-0.2, 0) is 21.2 Å². The molecule has 7 heteroatoms. The van der Waals surface area contributed by atoms with Crippen LogP contribution in [-0.4, -0.2) is 53.2 Å². The monoisotopic (exact) mass is 409 g/mol. The summed E-state index contributed by atoms with van der Waals surface area (Å²) in [5, 5.41) is 0. The molecule has 28 heavy (non-hydrogen) atoms. The van der Waals surface area contributed by atoms with Gasteiger partial charge in [-0.05, 0) is 45.2 Å². The van der Waals surface area contributed by atoms with Crippen molar-refractivity contribution in [2.75, 3.05) is 12.9 Å². The summed E-state index contributed by atoms with van der Waals surface area (Å²) < 4.78 is 33.0. The van der Waals surface area contributed by atoms with Crippen LogP contribution >= 0.6 is 0 Å². The Hall–Kier alpha value is -1.44. The molecule has 2 rings (SSSR count). The molecule has 0 saturated carbocycles. The van der Waals surface area contributed by atoms with E-state index in [-0.39, 0.29) is 17.6 Å². The number of fused-ring (bicyclic) bond motifs is 1. The van der Waals surface area contributed by atoms with Gasteiger partial charge in [0, 0.05) is 12.0 Å². The third-order valence-electron chi connectivity index (χ3n) is 4.98. The minimum Gasteiger partial charge on any atom is -0.376 e. The summed E-state index contributed by atoms with van der Waals surface area (Å²) in [6, 6.07) is 7.45. The molecule has 0 radical (unpaired) electrons. The fraction of sp³-hybridized carbons (Fsp3) is 0.667. The molecule has 2 unspecified atom stereocenters. The van der Waals surface area contributed by atoms with E-state index >= 15 is 0 Å². The quantitative estimate of drug-likeness (QED) is 0.750. The van der Waals surface area contributed by atoms with E-state index in [1.807, 2.05) is 52.0 Å². The molecule has 1 N–H and O–H groups in total. The number of nitrogens with one attached hydrogen (secondary N) is 1. The zero-order chi connectivity index (χ0) is 21.3. The second-order valence-electron chi connectivity index (χ2n) is 9.63. The van der Waals surface area contributed by atoms with Gasteiger partial charge in [0.15, 0.2) is 0 Å². The Balaban J connectivity index is 2.36. The van der Waals surface area contributed by atoms with Crippen LogP contribution in [0.1, 0.15) is 54.3 Å². The predicted molar refractivity (Wildman–Crippen MR) is 115 cm³/mol. The summed E-state index contributed by atoms with van der Waals surface area (Å²) in [5.41, 5.74) is 1.23. The van der Waals surface area contributed by atoms with Crippen LogP contribution in [0, 0.1) is 5.41 Å². The highest BCUT2D eigenvalue weighted by Crippen LogP contribution is 2.26. The van der Waals surface area contributed by atoms with Gasteiger partial charge in [0.1, 0.15) is 5.82 Å². The van der Waals surface area contributed by atoms with E-state index in [0.717, 1.165) is 16.9 Å². The third kappa shape index (κ3) is 5.78. The van der Waals surface area contributed by atoms with Crippen molar-refractivity contribution in [2.45, 2.75) is 72.6 Å². The van der Waals surface area contributed by atoms with Gasteiger partial charge >= 0.3 is 0 Å². The molecule has 1 aromatic carbocycles. The molecule has 0 aliphatic heterocycles. The number of H-pyrrole nitrogens is 1. The van der Waals surface area contributed by atoms with E-state index in [9.17, 15) is 8.42 Å². The molecule has 1 heterocycles. The van der Waals surface area contributed by atoms with Crippen LogP contribution in [0.5, 0.6) is 0 Å². The highest BCUT2D eigenvalue weighted by Gasteiger charge is 2.37. The number of ether oxygens (including phenoxy) is 1.